The predicted molar refractivity (Wildman–Crippen MR) is 217 cm³/mol. The Kier molecular flexibility index (Phi) is 10.7. The molecule has 5 atom stereocenters. The van der Waals surface area contributed by atoms with Gasteiger partial charge < -0.3 is 49.2 Å². The second kappa shape index (κ2) is 16.2. The van der Waals surface area contributed by atoms with Gasteiger partial charge in [-0.3, -0.25) is 9.59 Å². The van der Waals surface area contributed by atoms with Gasteiger partial charge >= 0.3 is 0 Å². The SMILES string of the molecule is CNCc1ccc2c(c1)[C+](COC[C@H]1O[C@@H]3Oc4cc(OC)cc5cc(C6CCCC6)c(c(O)c45)C(=O)CN4Cc5c(cccc5C4=O)CC#CO[C@H]([C@H]3O)[C@@H]1O)C=N2. The van der Waals surface area contributed by atoms with E-state index >= 15 is 0 Å². The number of hydrogen-bond acceptors (Lipinski definition) is 12. The summed E-state index contributed by atoms with van der Waals surface area (Å²) in [5, 5.41) is 39.6. The van der Waals surface area contributed by atoms with E-state index in [1.807, 2.05) is 31.3 Å². The van der Waals surface area contributed by atoms with Crippen LogP contribution in [0.1, 0.15) is 80.1 Å². The minimum absolute atomic E-state index is 0.0236. The van der Waals surface area contributed by atoms with E-state index < -0.39 is 36.5 Å². The molecule has 1 aliphatic carbocycles. The van der Waals surface area contributed by atoms with Crippen molar-refractivity contribution in [3.8, 4) is 29.3 Å². The van der Waals surface area contributed by atoms with Crippen molar-refractivity contribution in [2.45, 2.75) is 81.8 Å². The summed E-state index contributed by atoms with van der Waals surface area (Å²) < 4.78 is 30.5. The number of phenols is 1. The van der Waals surface area contributed by atoms with E-state index in [1.165, 1.54) is 12.0 Å². The van der Waals surface area contributed by atoms with Gasteiger partial charge in [0.15, 0.2) is 29.2 Å². The maximum absolute atomic E-state index is 14.5. The first-order valence-electron chi connectivity index (χ1n) is 20.1. The van der Waals surface area contributed by atoms with E-state index in [-0.39, 0.29) is 67.0 Å². The lowest BCUT2D eigenvalue weighted by atomic mass is 9.87. The van der Waals surface area contributed by atoms with E-state index in [0.717, 1.165) is 59.5 Å². The van der Waals surface area contributed by atoms with Gasteiger partial charge in [0.25, 0.3) is 5.91 Å². The van der Waals surface area contributed by atoms with E-state index in [4.69, 9.17) is 23.7 Å². The van der Waals surface area contributed by atoms with Gasteiger partial charge in [0.2, 0.25) is 6.29 Å². The van der Waals surface area contributed by atoms with Crippen LogP contribution in [0.15, 0.2) is 59.6 Å². The number of rotatable bonds is 8. The Bertz CT molecular complexity index is 2400. The minimum atomic E-state index is -1.57. The number of ether oxygens (including phenoxy) is 5. The van der Waals surface area contributed by atoms with E-state index in [2.05, 4.69) is 28.4 Å². The van der Waals surface area contributed by atoms with Crippen LogP contribution >= 0.6 is 0 Å². The Balaban J connectivity index is 1.09. The van der Waals surface area contributed by atoms with Crippen molar-refractivity contribution in [2.75, 3.05) is 33.9 Å². The lowest BCUT2D eigenvalue weighted by Gasteiger charge is -2.41. The molecule has 5 aliphatic rings. The summed E-state index contributed by atoms with van der Waals surface area (Å²) in [6, 6.07) is 16.6. The van der Waals surface area contributed by atoms with Crippen molar-refractivity contribution in [1.29, 1.82) is 0 Å². The zero-order valence-electron chi connectivity index (χ0n) is 32.9. The van der Waals surface area contributed by atoms with E-state index in [9.17, 15) is 24.9 Å². The molecule has 2 fully saturated rings. The summed E-state index contributed by atoms with van der Waals surface area (Å²) in [4.78, 5) is 34.2. The van der Waals surface area contributed by atoms with Gasteiger partial charge in [-0.1, -0.05) is 30.9 Å². The van der Waals surface area contributed by atoms with Gasteiger partial charge in [-0.2, -0.15) is 4.99 Å². The number of aliphatic imine (C=N–C) groups is 1. The summed E-state index contributed by atoms with van der Waals surface area (Å²) >= 11 is 0. The highest BCUT2D eigenvalue weighted by atomic mass is 16.7. The molecule has 304 valence electrons. The van der Waals surface area contributed by atoms with Crippen molar-refractivity contribution in [2.24, 2.45) is 4.99 Å². The summed E-state index contributed by atoms with van der Waals surface area (Å²) in [6.45, 7) is 0.709. The van der Waals surface area contributed by atoms with E-state index in [0.29, 0.717) is 28.8 Å². The molecule has 4 aromatic carbocycles. The number of aromatic hydroxyl groups is 1. The highest BCUT2D eigenvalue weighted by Gasteiger charge is 2.48. The topological polar surface area (TPSA) is 169 Å². The van der Waals surface area contributed by atoms with Crippen LogP contribution in [0, 0.1) is 17.9 Å². The molecule has 13 nitrogen and oxygen atoms in total. The number of fused-ring (bicyclic) bond motifs is 5. The van der Waals surface area contributed by atoms with Crippen LogP contribution in [0.2, 0.25) is 0 Å². The Hall–Kier alpha value is -5.62. The number of carbonyl (C=O) groups is 2. The largest absolute Gasteiger partial charge is 0.506 e. The summed E-state index contributed by atoms with van der Waals surface area (Å²) in [5.74, 6) is 3.37. The molecule has 0 radical (unpaired) electrons. The zero-order valence-corrected chi connectivity index (χ0v) is 32.9. The van der Waals surface area contributed by atoms with Crippen LogP contribution in [-0.4, -0.2) is 103 Å². The van der Waals surface area contributed by atoms with Crippen LogP contribution < -0.4 is 14.8 Å². The van der Waals surface area contributed by atoms with Crippen LogP contribution in [0.5, 0.6) is 17.2 Å². The number of aliphatic hydroxyl groups excluding tert-OH is 2. The molecule has 59 heavy (non-hydrogen) atoms. The Morgan fingerprint density at radius 2 is 1.90 bits per heavy atom. The number of nitrogens with zero attached hydrogens (tertiary/aromatic N) is 2. The Morgan fingerprint density at radius 1 is 1.05 bits per heavy atom. The minimum Gasteiger partial charge on any atom is -0.506 e. The third-order valence-electron chi connectivity index (χ3n) is 12.1. The highest BCUT2D eigenvalue weighted by Crippen LogP contribution is 2.47. The molecule has 13 heteroatoms. The second-order valence-electron chi connectivity index (χ2n) is 15.8. The fraction of sp³-hybridized carbons (Fsp3) is 0.391. The molecule has 0 aromatic heterocycles. The second-order valence-corrected chi connectivity index (χ2v) is 15.8. The van der Waals surface area contributed by atoms with Crippen LogP contribution in [0.25, 0.3) is 10.8 Å². The number of phenolic OH excluding ortho intramolecular Hbond substituents is 1. The van der Waals surface area contributed by atoms with Crippen LogP contribution in [0.3, 0.4) is 0 Å². The average molecular weight is 801 g/mol. The first-order chi connectivity index (χ1) is 28.7. The molecule has 4 aromatic rings. The number of benzene rings is 4. The normalized spacial score (nSPS) is 23.8. The Labute approximate surface area is 341 Å². The number of aliphatic hydroxyl groups is 2. The molecule has 4 N–H and O–H groups in total. The maximum Gasteiger partial charge on any atom is 0.254 e. The fourth-order valence-electron chi connectivity index (χ4n) is 9.07. The van der Waals surface area contributed by atoms with E-state index in [1.54, 1.807) is 30.5 Å². The van der Waals surface area contributed by atoms with Gasteiger partial charge in [-0.05, 0) is 72.1 Å². The van der Waals surface area contributed by atoms with Crippen LogP contribution in [-0.2, 0) is 33.7 Å². The third-order valence-corrected chi connectivity index (χ3v) is 12.1. The number of methoxy groups -OCH3 is 1. The standard InChI is InChI=1S/C46H45N3O10/c1-47-19-25-12-13-35-32(15-25)29(20-48-35)23-56-24-38-41(51)44-43(53)46(59-38)58-37-18-30(55-2)16-28-17-33(26-7-3-4-8-26)40(42(52)39(28)37)36(50)22-49-21-34-27(10-6-14-57-44)9-5-11-31(34)45(49)54/h5,9,11-13,15-18,20,26,38,41,43-44,46-47,51,53H,3-4,7-8,10,19,21-24H2,1-2H3/p+1/t38-,41-,43-,44+,46+/m1/s1. The zero-order chi connectivity index (χ0) is 40.8. The number of ketones is 1. The Morgan fingerprint density at radius 3 is 2.71 bits per heavy atom. The van der Waals surface area contributed by atoms with Gasteiger partial charge in [-0.25, -0.2) is 0 Å². The quantitative estimate of drug-likeness (QED) is 0.142. The molecule has 1 saturated carbocycles. The van der Waals surface area contributed by atoms with Gasteiger partial charge in [0.05, 0.1) is 37.3 Å². The van der Waals surface area contributed by atoms with Crippen molar-refractivity contribution < 1.29 is 48.6 Å². The molecule has 1 amide bonds. The third kappa shape index (κ3) is 7.25. The summed E-state index contributed by atoms with van der Waals surface area (Å²) in [7, 11) is 3.39. The smallest absolute Gasteiger partial charge is 0.254 e. The van der Waals surface area contributed by atoms with Crippen LogP contribution in [0.4, 0.5) is 5.69 Å². The summed E-state index contributed by atoms with van der Waals surface area (Å²) in [5.41, 5.74) is 5.77. The van der Waals surface area contributed by atoms with Crippen molar-refractivity contribution in [3.63, 3.8) is 0 Å². The molecule has 1 saturated heterocycles. The fourth-order valence-corrected chi connectivity index (χ4v) is 9.07. The molecule has 0 unspecified atom stereocenters. The molecule has 0 spiro atoms. The predicted octanol–water partition coefficient (Wildman–Crippen LogP) is 4.85. The lowest BCUT2D eigenvalue weighted by molar-refractivity contribution is -0.278. The molecule has 4 aliphatic heterocycles. The summed E-state index contributed by atoms with van der Waals surface area (Å²) in [6.07, 6.45) is 1.52. The lowest BCUT2D eigenvalue weighted by Crippen LogP contribution is -2.60. The van der Waals surface area contributed by atoms with Crippen molar-refractivity contribution in [1.82, 2.24) is 10.2 Å². The first kappa shape index (κ1) is 38.9. The van der Waals surface area contributed by atoms with Gasteiger partial charge in [0, 0.05) is 42.8 Å². The number of amides is 1. The molecule has 4 heterocycles. The van der Waals surface area contributed by atoms with Crippen molar-refractivity contribution >= 4 is 34.4 Å². The van der Waals surface area contributed by atoms with Gasteiger partial charge in [0.1, 0.15) is 54.3 Å². The number of Topliss-reactive ketones (excluding diaryl/α,β-unsaturated/α-hetero) is 1. The number of hydrogen-bond donors (Lipinski definition) is 4. The highest BCUT2D eigenvalue weighted by molar-refractivity contribution is 6.11. The average Bonchev–Trinajstić information content (AvgIpc) is 3.99. The first-order valence-corrected chi connectivity index (χ1v) is 20.1. The number of carbonyl (C=O) groups excluding carboxylic acids is 2. The number of nitrogens with one attached hydrogen (secondary N) is 1. The van der Waals surface area contributed by atoms with Crippen molar-refractivity contribution in [3.05, 3.63) is 99.5 Å². The monoisotopic (exact) mass is 800 g/mol. The molecule has 6 bridgehead atoms. The maximum atomic E-state index is 14.5. The van der Waals surface area contributed by atoms with Gasteiger partial charge in [-0.15, -0.1) is 0 Å². The molecular weight excluding hydrogens is 755 g/mol. The molecule has 9 rings (SSSR count). The molecular formula is C46H46N3O10+.